The topological polar surface area (TPSA) is 12.0 Å². The number of rotatable bonds is 3. The zero-order valence-corrected chi connectivity index (χ0v) is 9.43. The molecule has 0 heterocycles. The van der Waals surface area contributed by atoms with Crippen LogP contribution in [0.1, 0.15) is 47.0 Å². The second kappa shape index (κ2) is 4.80. The van der Waals surface area contributed by atoms with Crippen molar-refractivity contribution in [1.82, 2.24) is 5.32 Å². The molecule has 0 spiro atoms. The Morgan fingerprint density at radius 2 is 2.00 bits per heavy atom. The van der Waals surface area contributed by atoms with Gasteiger partial charge in [-0.15, -0.1) is 0 Å². The molecule has 1 atom stereocenters. The van der Waals surface area contributed by atoms with E-state index in [4.69, 9.17) is 0 Å². The first-order valence-electron chi connectivity index (χ1n) is 5.56. The molecule has 0 aromatic rings. The Morgan fingerprint density at radius 1 is 1.31 bits per heavy atom. The zero-order valence-electron chi connectivity index (χ0n) is 9.43. The molecule has 0 aromatic carbocycles. The fourth-order valence-corrected chi connectivity index (χ4v) is 1.99. The minimum absolute atomic E-state index is 0.604. The molecule has 0 saturated heterocycles. The largest absolute Gasteiger partial charge is 0.308 e. The lowest BCUT2D eigenvalue weighted by Gasteiger charge is -2.25. The van der Waals surface area contributed by atoms with E-state index >= 15 is 0 Å². The maximum Gasteiger partial charge on any atom is 0.0255 e. The molecule has 0 amide bonds. The third-order valence-corrected chi connectivity index (χ3v) is 2.68. The lowest BCUT2D eigenvalue weighted by atomic mass is 9.89. The molecule has 1 rings (SSSR count). The van der Waals surface area contributed by atoms with Gasteiger partial charge in [0, 0.05) is 12.1 Å². The molecule has 1 N–H and O–H groups in total. The van der Waals surface area contributed by atoms with Crippen LogP contribution in [0.2, 0.25) is 0 Å². The van der Waals surface area contributed by atoms with Gasteiger partial charge in [0.1, 0.15) is 0 Å². The van der Waals surface area contributed by atoms with Gasteiger partial charge < -0.3 is 5.32 Å². The van der Waals surface area contributed by atoms with Crippen molar-refractivity contribution in [3.05, 3.63) is 11.6 Å². The van der Waals surface area contributed by atoms with Crippen LogP contribution in [0.5, 0.6) is 0 Å². The number of nitrogens with one attached hydrogen (secondary N) is 1. The summed E-state index contributed by atoms with van der Waals surface area (Å²) in [5.41, 5.74) is 1.64. The fourth-order valence-electron chi connectivity index (χ4n) is 1.99. The fraction of sp³-hybridized carbons (Fsp3) is 0.833. The first-order chi connectivity index (χ1) is 6.09. The Morgan fingerprint density at radius 3 is 2.54 bits per heavy atom. The van der Waals surface area contributed by atoms with Gasteiger partial charge >= 0.3 is 0 Å². The van der Waals surface area contributed by atoms with Crippen LogP contribution >= 0.6 is 0 Å². The SMILES string of the molecule is CC(C)NC1C=C(C(C)C)CCC1. The molecule has 1 unspecified atom stereocenters. The maximum atomic E-state index is 3.59. The van der Waals surface area contributed by atoms with E-state index in [1.165, 1.54) is 19.3 Å². The summed E-state index contributed by atoms with van der Waals surface area (Å²) < 4.78 is 0. The minimum atomic E-state index is 0.604. The maximum absolute atomic E-state index is 3.59. The van der Waals surface area contributed by atoms with Crippen molar-refractivity contribution in [3.8, 4) is 0 Å². The smallest absolute Gasteiger partial charge is 0.0255 e. The average molecular weight is 181 g/mol. The van der Waals surface area contributed by atoms with E-state index in [2.05, 4.69) is 39.1 Å². The van der Waals surface area contributed by atoms with Crippen LogP contribution < -0.4 is 5.32 Å². The van der Waals surface area contributed by atoms with Gasteiger partial charge in [0.15, 0.2) is 0 Å². The normalized spacial score (nSPS) is 23.8. The van der Waals surface area contributed by atoms with E-state index in [1.54, 1.807) is 5.57 Å². The molecule has 0 saturated carbocycles. The average Bonchev–Trinajstić information content (AvgIpc) is 2.03. The summed E-state index contributed by atoms with van der Waals surface area (Å²) in [7, 11) is 0. The first-order valence-corrected chi connectivity index (χ1v) is 5.56. The molecular formula is C12H23N. The van der Waals surface area contributed by atoms with Gasteiger partial charge in [-0.1, -0.05) is 39.3 Å². The highest BCUT2D eigenvalue weighted by molar-refractivity contribution is 5.12. The van der Waals surface area contributed by atoms with Gasteiger partial charge in [0.25, 0.3) is 0 Å². The third kappa shape index (κ3) is 3.51. The highest BCUT2D eigenvalue weighted by atomic mass is 14.9. The molecule has 1 aliphatic rings. The quantitative estimate of drug-likeness (QED) is 0.660. The van der Waals surface area contributed by atoms with Crippen LogP contribution in [0.15, 0.2) is 11.6 Å². The molecule has 0 aromatic heterocycles. The Balaban J connectivity index is 2.52. The van der Waals surface area contributed by atoms with Crippen molar-refractivity contribution in [3.63, 3.8) is 0 Å². The van der Waals surface area contributed by atoms with Crippen molar-refractivity contribution < 1.29 is 0 Å². The van der Waals surface area contributed by atoms with Gasteiger partial charge in [0.2, 0.25) is 0 Å². The summed E-state index contributed by atoms with van der Waals surface area (Å²) in [5.74, 6) is 0.733. The van der Waals surface area contributed by atoms with Crippen molar-refractivity contribution in [1.29, 1.82) is 0 Å². The summed E-state index contributed by atoms with van der Waals surface area (Å²) in [6.45, 7) is 9.03. The molecule has 13 heavy (non-hydrogen) atoms. The summed E-state index contributed by atoms with van der Waals surface area (Å²) in [5, 5.41) is 3.59. The van der Waals surface area contributed by atoms with Gasteiger partial charge in [-0.3, -0.25) is 0 Å². The van der Waals surface area contributed by atoms with E-state index in [-0.39, 0.29) is 0 Å². The molecule has 0 radical (unpaired) electrons. The lowest BCUT2D eigenvalue weighted by Crippen LogP contribution is -2.35. The molecular weight excluding hydrogens is 158 g/mol. The van der Waals surface area contributed by atoms with Crippen molar-refractivity contribution in [2.75, 3.05) is 0 Å². The van der Waals surface area contributed by atoms with Gasteiger partial charge in [-0.25, -0.2) is 0 Å². The Kier molecular flexibility index (Phi) is 3.98. The van der Waals surface area contributed by atoms with Crippen LogP contribution in [-0.2, 0) is 0 Å². The van der Waals surface area contributed by atoms with Crippen LogP contribution in [0, 0.1) is 5.92 Å². The van der Waals surface area contributed by atoms with Gasteiger partial charge in [-0.2, -0.15) is 0 Å². The predicted molar refractivity (Wildman–Crippen MR) is 58.8 cm³/mol. The molecule has 1 aliphatic carbocycles. The van der Waals surface area contributed by atoms with Crippen LogP contribution in [0.4, 0.5) is 0 Å². The van der Waals surface area contributed by atoms with Crippen molar-refractivity contribution in [2.45, 2.75) is 59.0 Å². The van der Waals surface area contributed by atoms with Crippen LogP contribution in [0.3, 0.4) is 0 Å². The Labute approximate surface area is 82.6 Å². The van der Waals surface area contributed by atoms with Crippen molar-refractivity contribution in [2.24, 2.45) is 5.92 Å². The summed E-state index contributed by atoms with van der Waals surface area (Å²) in [6.07, 6.45) is 6.44. The highest BCUT2D eigenvalue weighted by Gasteiger charge is 2.15. The molecule has 0 aliphatic heterocycles. The highest BCUT2D eigenvalue weighted by Crippen LogP contribution is 2.24. The second-order valence-electron chi connectivity index (χ2n) is 4.72. The lowest BCUT2D eigenvalue weighted by molar-refractivity contribution is 0.458. The molecule has 0 bridgehead atoms. The number of allylic oxidation sites excluding steroid dienone is 1. The first kappa shape index (κ1) is 10.8. The minimum Gasteiger partial charge on any atom is -0.308 e. The summed E-state index contributed by atoms with van der Waals surface area (Å²) >= 11 is 0. The summed E-state index contributed by atoms with van der Waals surface area (Å²) in [6, 6.07) is 1.24. The second-order valence-corrected chi connectivity index (χ2v) is 4.72. The van der Waals surface area contributed by atoms with Crippen LogP contribution in [-0.4, -0.2) is 12.1 Å². The molecule has 76 valence electrons. The standard InChI is InChI=1S/C12H23N/c1-9(2)11-6-5-7-12(8-11)13-10(3)4/h8-10,12-13H,5-7H2,1-4H3. The summed E-state index contributed by atoms with van der Waals surface area (Å²) in [4.78, 5) is 0. The molecule has 1 nitrogen and oxygen atoms in total. The van der Waals surface area contributed by atoms with Gasteiger partial charge in [-0.05, 0) is 25.2 Å². The zero-order chi connectivity index (χ0) is 9.84. The number of hydrogen-bond acceptors (Lipinski definition) is 1. The van der Waals surface area contributed by atoms with E-state index < -0.39 is 0 Å². The number of hydrogen-bond donors (Lipinski definition) is 1. The Hall–Kier alpha value is -0.300. The van der Waals surface area contributed by atoms with Crippen molar-refractivity contribution >= 4 is 0 Å². The van der Waals surface area contributed by atoms with Crippen LogP contribution in [0.25, 0.3) is 0 Å². The predicted octanol–water partition coefficient (Wildman–Crippen LogP) is 3.12. The monoisotopic (exact) mass is 181 g/mol. The van der Waals surface area contributed by atoms with E-state index in [1.807, 2.05) is 0 Å². The third-order valence-electron chi connectivity index (χ3n) is 2.68. The van der Waals surface area contributed by atoms with E-state index in [9.17, 15) is 0 Å². The Bertz CT molecular complexity index is 180. The van der Waals surface area contributed by atoms with E-state index in [0.29, 0.717) is 12.1 Å². The van der Waals surface area contributed by atoms with Gasteiger partial charge in [0.05, 0.1) is 0 Å². The molecule has 1 heteroatoms. The van der Waals surface area contributed by atoms with E-state index in [0.717, 1.165) is 5.92 Å². The molecule has 0 fully saturated rings.